The zero-order chi connectivity index (χ0) is 23.4. The number of sulfonamides is 1. The summed E-state index contributed by atoms with van der Waals surface area (Å²) in [6, 6.07) is 16.7. The highest BCUT2D eigenvalue weighted by molar-refractivity contribution is 7.89. The predicted molar refractivity (Wildman–Crippen MR) is 129 cm³/mol. The number of nitrogens with two attached hydrogens (primary N) is 1. The van der Waals surface area contributed by atoms with Gasteiger partial charge in [0, 0.05) is 27.9 Å². The van der Waals surface area contributed by atoms with Gasteiger partial charge in [-0.25, -0.2) is 13.6 Å². The number of nitrogens with one attached hydrogen (secondary N) is 2. The number of carbonyl (C=O) groups is 2. The number of nitrogens with zero attached hydrogens (tertiary/aromatic N) is 1. The van der Waals surface area contributed by atoms with Crippen LogP contribution in [0.15, 0.2) is 70.9 Å². The van der Waals surface area contributed by atoms with Gasteiger partial charge in [-0.2, -0.15) is 0 Å². The van der Waals surface area contributed by atoms with Crippen LogP contribution in [0.1, 0.15) is 34.1 Å². The summed E-state index contributed by atoms with van der Waals surface area (Å²) in [5.74, 6) is -0.509. The van der Waals surface area contributed by atoms with Gasteiger partial charge in [-0.3, -0.25) is 14.5 Å². The van der Waals surface area contributed by atoms with E-state index in [1.54, 1.807) is 41.7 Å². The molecule has 0 unspecified atom stereocenters. The Morgan fingerprint density at radius 3 is 2.52 bits per heavy atom. The van der Waals surface area contributed by atoms with Crippen LogP contribution in [0.2, 0.25) is 0 Å². The minimum atomic E-state index is -3.86. The quantitative estimate of drug-likeness (QED) is 0.474. The Kier molecular flexibility index (Phi) is 6.89. The Morgan fingerprint density at radius 1 is 1.03 bits per heavy atom. The molecular weight excluding hydrogens is 460 g/mol. The van der Waals surface area contributed by atoms with E-state index in [0.717, 1.165) is 19.4 Å². The first-order valence-corrected chi connectivity index (χ1v) is 12.8. The molecule has 1 aliphatic heterocycles. The van der Waals surface area contributed by atoms with Crippen molar-refractivity contribution in [1.29, 1.82) is 0 Å². The molecule has 4 N–H and O–H groups in total. The molecule has 3 aromatic rings. The van der Waals surface area contributed by atoms with Crippen LogP contribution in [0.3, 0.4) is 0 Å². The van der Waals surface area contributed by atoms with Gasteiger partial charge >= 0.3 is 0 Å². The van der Waals surface area contributed by atoms with Crippen molar-refractivity contribution in [2.75, 3.05) is 23.7 Å². The van der Waals surface area contributed by atoms with Crippen molar-refractivity contribution in [2.24, 2.45) is 5.14 Å². The SMILES string of the molecule is NS(=O)(=O)c1cccc(NC(=O)c2ccc(NC(=O)CN3CCC[C@@H]3c3cccs3)cc2)c1. The molecule has 1 saturated heterocycles. The van der Waals surface area contributed by atoms with Gasteiger partial charge in [0.05, 0.1) is 11.4 Å². The number of benzene rings is 2. The van der Waals surface area contributed by atoms with E-state index in [1.807, 2.05) is 6.07 Å². The third kappa shape index (κ3) is 5.85. The lowest BCUT2D eigenvalue weighted by Gasteiger charge is -2.22. The Hall–Kier alpha value is -3.05. The van der Waals surface area contributed by atoms with E-state index < -0.39 is 15.9 Å². The molecule has 0 bridgehead atoms. The molecule has 2 amide bonds. The number of hydrogen-bond acceptors (Lipinski definition) is 6. The lowest BCUT2D eigenvalue weighted by Crippen LogP contribution is -2.32. The van der Waals surface area contributed by atoms with Crippen molar-refractivity contribution in [3.05, 3.63) is 76.5 Å². The van der Waals surface area contributed by atoms with Crippen molar-refractivity contribution in [3.8, 4) is 0 Å². The standard InChI is InChI=1S/C23H24N4O4S2/c24-33(30,31)19-5-1-4-18(14-19)26-23(29)16-8-10-17(11-9-16)25-22(28)15-27-12-2-6-20(27)21-7-3-13-32-21/h1,3-5,7-11,13-14,20H,2,6,12,15H2,(H,25,28)(H,26,29)(H2,24,30,31)/t20-/m1/s1. The fourth-order valence-corrected chi connectivity index (χ4v) is 5.32. The Labute approximate surface area is 196 Å². The van der Waals surface area contributed by atoms with Crippen LogP contribution in [-0.4, -0.2) is 38.2 Å². The summed E-state index contributed by atoms with van der Waals surface area (Å²) in [6.45, 7) is 1.20. The lowest BCUT2D eigenvalue weighted by atomic mass is 10.2. The minimum absolute atomic E-state index is 0.0855. The molecule has 1 atom stereocenters. The van der Waals surface area contributed by atoms with Crippen LogP contribution in [0.25, 0.3) is 0 Å². The first kappa shape index (κ1) is 23.1. The van der Waals surface area contributed by atoms with Crippen LogP contribution in [-0.2, 0) is 14.8 Å². The Morgan fingerprint density at radius 2 is 1.82 bits per heavy atom. The number of amides is 2. The predicted octanol–water partition coefficient (Wildman–Crippen LogP) is 3.42. The lowest BCUT2D eigenvalue weighted by molar-refractivity contribution is -0.117. The molecule has 4 rings (SSSR count). The molecular formula is C23H24N4O4S2. The van der Waals surface area contributed by atoms with Crippen molar-refractivity contribution in [1.82, 2.24) is 4.90 Å². The van der Waals surface area contributed by atoms with E-state index >= 15 is 0 Å². The monoisotopic (exact) mass is 484 g/mol. The van der Waals surface area contributed by atoms with Gasteiger partial charge < -0.3 is 10.6 Å². The maximum atomic E-state index is 12.6. The highest BCUT2D eigenvalue weighted by Crippen LogP contribution is 2.34. The van der Waals surface area contributed by atoms with Gasteiger partial charge in [0.2, 0.25) is 15.9 Å². The van der Waals surface area contributed by atoms with E-state index in [0.29, 0.717) is 23.5 Å². The first-order chi connectivity index (χ1) is 15.8. The molecule has 0 spiro atoms. The molecule has 1 fully saturated rings. The van der Waals surface area contributed by atoms with Crippen LogP contribution >= 0.6 is 11.3 Å². The largest absolute Gasteiger partial charge is 0.325 e. The van der Waals surface area contributed by atoms with Crippen LogP contribution in [0, 0.1) is 0 Å². The minimum Gasteiger partial charge on any atom is -0.325 e. The normalized spacial score (nSPS) is 16.5. The molecule has 2 heterocycles. The van der Waals surface area contributed by atoms with Crippen LogP contribution in [0.4, 0.5) is 11.4 Å². The van der Waals surface area contributed by atoms with Crippen LogP contribution in [0.5, 0.6) is 0 Å². The van der Waals surface area contributed by atoms with Gasteiger partial charge in [-0.15, -0.1) is 11.3 Å². The Bertz CT molecular complexity index is 1240. The van der Waals surface area contributed by atoms with Gasteiger partial charge in [-0.1, -0.05) is 12.1 Å². The average Bonchev–Trinajstić information content (AvgIpc) is 3.45. The van der Waals surface area contributed by atoms with E-state index in [-0.39, 0.29) is 16.8 Å². The van der Waals surface area contributed by atoms with Crippen molar-refractivity contribution in [2.45, 2.75) is 23.8 Å². The highest BCUT2D eigenvalue weighted by atomic mass is 32.2. The molecule has 2 aromatic carbocycles. The zero-order valence-electron chi connectivity index (χ0n) is 17.7. The van der Waals surface area contributed by atoms with Gasteiger partial charge in [0.15, 0.2) is 0 Å². The molecule has 1 aromatic heterocycles. The summed E-state index contributed by atoms with van der Waals surface area (Å²) in [5, 5.41) is 12.7. The molecule has 1 aliphatic rings. The number of carbonyl (C=O) groups excluding carboxylic acids is 2. The first-order valence-electron chi connectivity index (χ1n) is 10.4. The molecule has 33 heavy (non-hydrogen) atoms. The number of rotatable bonds is 7. The van der Waals surface area contributed by atoms with Crippen molar-refractivity contribution < 1.29 is 18.0 Å². The maximum absolute atomic E-state index is 12.6. The third-order valence-corrected chi connectivity index (χ3v) is 7.32. The summed E-state index contributed by atoms with van der Waals surface area (Å²) >= 11 is 1.71. The third-order valence-electron chi connectivity index (χ3n) is 5.43. The summed E-state index contributed by atoms with van der Waals surface area (Å²) in [5.41, 5.74) is 1.28. The van der Waals surface area contributed by atoms with Crippen molar-refractivity contribution in [3.63, 3.8) is 0 Å². The van der Waals surface area contributed by atoms with E-state index in [2.05, 4.69) is 27.0 Å². The fourth-order valence-electron chi connectivity index (χ4n) is 3.86. The summed E-state index contributed by atoms with van der Waals surface area (Å²) in [7, 11) is -3.86. The molecule has 172 valence electrons. The fraction of sp³-hybridized carbons (Fsp3) is 0.217. The summed E-state index contributed by atoms with van der Waals surface area (Å²) in [6.07, 6.45) is 2.12. The zero-order valence-corrected chi connectivity index (χ0v) is 19.4. The Balaban J connectivity index is 1.34. The topological polar surface area (TPSA) is 122 Å². The molecule has 10 heteroatoms. The second-order valence-corrected chi connectivity index (χ2v) is 10.3. The molecule has 0 radical (unpaired) electrons. The van der Waals surface area contributed by atoms with E-state index in [9.17, 15) is 18.0 Å². The van der Waals surface area contributed by atoms with E-state index in [4.69, 9.17) is 5.14 Å². The number of thiophene rings is 1. The maximum Gasteiger partial charge on any atom is 0.255 e. The molecule has 0 saturated carbocycles. The van der Waals surface area contributed by atoms with Gasteiger partial charge in [0.25, 0.3) is 5.91 Å². The summed E-state index contributed by atoms with van der Waals surface area (Å²) < 4.78 is 23.0. The summed E-state index contributed by atoms with van der Waals surface area (Å²) in [4.78, 5) is 28.5. The molecule has 0 aliphatic carbocycles. The van der Waals surface area contributed by atoms with Crippen LogP contribution < -0.4 is 15.8 Å². The van der Waals surface area contributed by atoms with E-state index in [1.165, 1.54) is 23.1 Å². The van der Waals surface area contributed by atoms with Gasteiger partial charge in [-0.05, 0) is 73.3 Å². The number of likely N-dealkylation sites (tertiary alicyclic amines) is 1. The second-order valence-electron chi connectivity index (χ2n) is 7.80. The van der Waals surface area contributed by atoms with Gasteiger partial charge in [0.1, 0.15) is 0 Å². The number of hydrogen-bond donors (Lipinski definition) is 3. The average molecular weight is 485 g/mol. The van der Waals surface area contributed by atoms with Crippen molar-refractivity contribution >= 4 is 44.5 Å². The number of primary sulfonamides is 1. The second kappa shape index (κ2) is 9.84. The molecule has 8 nitrogen and oxygen atoms in total. The number of anilines is 2. The smallest absolute Gasteiger partial charge is 0.255 e. The highest BCUT2D eigenvalue weighted by Gasteiger charge is 2.28.